The number of benzene rings is 2. The molecule has 2 aromatic carbocycles. The van der Waals surface area contributed by atoms with Gasteiger partial charge in [0.05, 0.1) is 21.4 Å². The zero-order valence-electron chi connectivity index (χ0n) is 16.9. The molecule has 9 nitrogen and oxygen atoms in total. The molecular formula is C20H20ClN5O4S. The fourth-order valence-corrected chi connectivity index (χ4v) is 3.74. The van der Waals surface area contributed by atoms with Gasteiger partial charge in [0, 0.05) is 18.7 Å². The predicted octanol–water partition coefficient (Wildman–Crippen LogP) is 4.48. The van der Waals surface area contributed by atoms with Crippen molar-refractivity contribution < 1.29 is 14.5 Å². The first-order valence-electron chi connectivity index (χ1n) is 9.36. The molecule has 3 aromatic rings. The monoisotopic (exact) mass is 461 g/mol. The van der Waals surface area contributed by atoms with Crippen LogP contribution in [0.25, 0.3) is 0 Å². The van der Waals surface area contributed by atoms with Crippen molar-refractivity contribution in [3.8, 4) is 5.75 Å². The number of thioether (sulfide) groups is 1. The molecule has 0 aliphatic carbocycles. The van der Waals surface area contributed by atoms with Gasteiger partial charge in [0.15, 0.2) is 11.0 Å². The number of nitro groups is 1. The Kier molecular flexibility index (Phi) is 7.48. The SMILES string of the molecule is CCn1c(COc2ccccc2C)nnc1SCC(=O)Nc1cc([N+](=O)[O-])ccc1Cl. The lowest BCUT2D eigenvalue weighted by Gasteiger charge is -2.10. The van der Waals surface area contributed by atoms with E-state index in [1.807, 2.05) is 42.7 Å². The van der Waals surface area contributed by atoms with Crippen LogP contribution in [0.15, 0.2) is 47.6 Å². The van der Waals surface area contributed by atoms with Gasteiger partial charge < -0.3 is 14.6 Å². The number of nitro benzene ring substituents is 1. The summed E-state index contributed by atoms with van der Waals surface area (Å²) in [6.07, 6.45) is 0. The molecule has 162 valence electrons. The minimum Gasteiger partial charge on any atom is -0.485 e. The van der Waals surface area contributed by atoms with Crippen LogP contribution < -0.4 is 10.1 Å². The predicted molar refractivity (Wildman–Crippen MR) is 119 cm³/mol. The fourth-order valence-electron chi connectivity index (χ4n) is 2.75. The number of anilines is 1. The number of hydrogen-bond acceptors (Lipinski definition) is 7. The van der Waals surface area contributed by atoms with Crippen molar-refractivity contribution in [2.24, 2.45) is 0 Å². The first kappa shape index (κ1) is 22.6. The summed E-state index contributed by atoms with van der Waals surface area (Å²) in [5.41, 5.74) is 1.05. The standard InChI is InChI=1S/C20H20ClN5O4S/c1-3-25-18(11-30-17-7-5-4-6-13(17)2)23-24-20(25)31-12-19(27)22-16-10-14(26(28)29)8-9-15(16)21/h4-10H,3,11-12H2,1-2H3,(H,22,27). The van der Waals surface area contributed by atoms with Gasteiger partial charge in [0.2, 0.25) is 5.91 Å². The van der Waals surface area contributed by atoms with Crippen molar-refractivity contribution in [3.63, 3.8) is 0 Å². The lowest BCUT2D eigenvalue weighted by molar-refractivity contribution is -0.384. The average Bonchev–Trinajstić information content (AvgIpc) is 3.15. The second-order valence-electron chi connectivity index (χ2n) is 6.46. The molecule has 0 aliphatic rings. The molecule has 31 heavy (non-hydrogen) atoms. The Balaban J connectivity index is 1.62. The highest BCUT2D eigenvalue weighted by molar-refractivity contribution is 7.99. The average molecular weight is 462 g/mol. The Bertz CT molecular complexity index is 1100. The van der Waals surface area contributed by atoms with Gasteiger partial charge in [-0.3, -0.25) is 14.9 Å². The van der Waals surface area contributed by atoms with Gasteiger partial charge in [-0.25, -0.2) is 0 Å². The van der Waals surface area contributed by atoms with E-state index in [9.17, 15) is 14.9 Å². The first-order valence-corrected chi connectivity index (χ1v) is 10.7. The fraction of sp³-hybridized carbons (Fsp3) is 0.250. The number of aryl methyl sites for hydroxylation is 1. The smallest absolute Gasteiger partial charge is 0.271 e. The second-order valence-corrected chi connectivity index (χ2v) is 7.81. The molecule has 1 N–H and O–H groups in total. The van der Waals surface area contributed by atoms with Gasteiger partial charge in [-0.15, -0.1) is 10.2 Å². The number of carbonyl (C=O) groups excluding carboxylic acids is 1. The molecule has 1 amide bonds. The van der Waals surface area contributed by atoms with Crippen LogP contribution in [0.5, 0.6) is 5.75 Å². The van der Waals surface area contributed by atoms with Crippen LogP contribution in [0.3, 0.4) is 0 Å². The number of ether oxygens (including phenoxy) is 1. The number of aromatic nitrogens is 3. The summed E-state index contributed by atoms with van der Waals surface area (Å²) in [7, 11) is 0. The molecule has 3 rings (SSSR count). The largest absolute Gasteiger partial charge is 0.485 e. The highest BCUT2D eigenvalue weighted by Gasteiger charge is 2.16. The molecule has 0 saturated carbocycles. The van der Waals surface area contributed by atoms with Crippen LogP contribution in [0.4, 0.5) is 11.4 Å². The summed E-state index contributed by atoms with van der Waals surface area (Å²) in [6, 6.07) is 11.6. The maximum absolute atomic E-state index is 12.3. The van der Waals surface area contributed by atoms with Crippen molar-refractivity contribution in [2.45, 2.75) is 32.2 Å². The minimum absolute atomic E-state index is 0.0375. The van der Waals surface area contributed by atoms with Crippen LogP contribution in [0.2, 0.25) is 5.02 Å². The molecule has 0 spiro atoms. The van der Waals surface area contributed by atoms with E-state index in [1.54, 1.807) is 0 Å². The van der Waals surface area contributed by atoms with Crippen LogP contribution in [0, 0.1) is 17.0 Å². The molecule has 0 aliphatic heterocycles. The summed E-state index contributed by atoms with van der Waals surface area (Å²) in [4.78, 5) is 22.7. The third-order valence-electron chi connectivity index (χ3n) is 4.33. The van der Waals surface area contributed by atoms with Crippen LogP contribution in [-0.2, 0) is 17.9 Å². The summed E-state index contributed by atoms with van der Waals surface area (Å²) < 4.78 is 7.72. The molecule has 0 bridgehead atoms. The number of hydrogen-bond donors (Lipinski definition) is 1. The van der Waals surface area contributed by atoms with E-state index in [4.69, 9.17) is 16.3 Å². The maximum Gasteiger partial charge on any atom is 0.271 e. The highest BCUT2D eigenvalue weighted by atomic mass is 35.5. The second kappa shape index (κ2) is 10.3. The van der Waals surface area contributed by atoms with E-state index >= 15 is 0 Å². The van der Waals surface area contributed by atoms with Crippen molar-refractivity contribution in [3.05, 3.63) is 69.0 Å². The third-order valence-corrected chi connectivity index (χ3v) is 5.62. The molecule has 0 saturated heterocycles. The van der Waals surface area contributed by atoms with E-state index in [0.717, 1.165) is 11.3 Å². The summed E-state index contributed by atoms with van der Waals surface area (Å²) >= 11 is 7.23. The van der Waals surface area contributed by atoms with E-state index in [1.165, 1.54) is 30.0 Å². The Morgan fingerprint density at radius 2 is 2.06 bits per heavy atom. The number of para-hydroxylation sites is 1. The van der Waals surface area contributed by atoms with E-state index < -0.39 is 4.92 Å². The number of rotatable bonds is 9. The van der Waals surface area contributed by atoms with Gasteiger partial charge in [0.25, 0.3) is 5.69 Å². The van der Waals surface area contributed by atoms with Gasteiger partial charge in [-0.2, -0.15) is 0 Å². The zero-order chi connectivity index (χ0) is 22.4. The molecule has 0 atom stereocenters. The third kappa shape index (κ3) is 5.74. The van der Waals surface area contributed by atoms with Crippen LogP contribution in [-0.4, -0.2) is 31.3 Å². The van der Waals surface area contributed by atoms with Crippen molar-refractivity contribution >= 4 is 40.6 Å². The van der Waals surface area contributed by atoms with Crippen molar-refractivity contribution in [2.75, 3.05) is 11.1 Å². The van der Waals surface area contributed by atoms with Crippen molar-refractivity contribution in [1.29, 1.82) is 0 Å². The molecule has 0 radical (unpaired) electrons. The lowest BCUT2D eigenvalue weighted by atomic mass is 10.2. The quantitative estimate of drug-likeness (QED) is 0.284. The number of amides is 1. The van der Waals surface area contributed by atoms with E-state index in [-0.39, 0.29) is 34.7 Å². The van der Waals surface area contributed by atoms with Gasteiger partial charge in [0.1, 0.15) is 12.4 Å². The summed E-state index contributed by atoms with van der Waals surface area (Å²) in [6.45, 7) is 4.78. The first-order chi connectivity index (χ1) is 14.9. The Morgan fingerprint density at radius 1 is 1.29 bits per heavy atom. The Morgan fingerprint density at radius 3 is 2.77 bits per heavy atom. The lowest BCUT2D eigenvalue weighted by Crippen LogP contribution is -2.15. The molecule has 0 fully saturated rings. The minimum atomic E-state index is -0.551. The van der Waals surface area contributed by atoms with E-state index in [0.29, 0.717) is 17.5 Å². The number of nitrogens with zero attached hydrogens (tertiary/aromatic N) is 4. The molecule has 0 unspecified atom stereocenters. The Hall–Kier alpha value is -3.11. The van der Waals surface area contributed by atoms with Gasteiger partial charge >= 0.3 is 0 Å². The normalized spacial score (nSPS) is 10.7. The molecule has 1 heterocycles. The summed E-state index contributed by atoms with van der Waals surface area (Å²) in [5, 5.41) is 22.6. The number of carbonyl (C=O) groups is 1. The van der Waals surface area contributed by atoms with Crippen LogP contribution in [0.1, 0.15) is 18.3 Å². The molecular weight excluding hydrogens is 442 g/mol. The van der Waals surface area contributed by atoms with E-state index in [2.05, 4.69) is 15.5 Å². The van der Waals surface area contributed by atoms with Gasteiger partial charge in [-0.05, 0) is 31.5 Å². The summed E-state index contributed by atoms with van der Waals surface area (Å²) in [5.74, 6) is 1.09. The molecule has 11 heteroatoms. The topological polar surface area (TPSA) is 112 Å². The van der Waals surface area contributed by atoms with Crippen LogP contribution >= 0.6 is 23.4 Å². The van der Waals surface area contributed by atoms with Crippen molar-refractivity contribution in [1.82, 2.24) is 14.8 Å². The number of halogens is 1. The molecule has 1 aromatic heterocycles. The zero-order valence-corrected chi connectivity index (χ0v) is 18.4. The van der Waals surface area contributed by atoms with Gasteiger partial charge in [-0.1, -0.05) is 41.6 Å². The highest BCUT2D eigenvalue weighted by Crippen LogP contribution is 2.27. The number of non-ortho nitro benzene ring substituents is 1. The Labute approximate surface area is 187 Å². The maximum atomic E-state index is 12.3. The number of nitrogens with one attached hydrogen (secondary N) is 1.